The molecule has 0 aromatic heterocycles. The fourth-order valence-corrected chi connectivity index (χ4v) is 5.70. The van der Waals surface area contributed by atoms with Crippen LogP contribution in [0.15, 0.2) is 23.6 Å². The third kappa shape index (κ3) is 5.69. The van der Waals surface area contributed by atoms with E-state index in [9.17, 15) is 16.8 Å². The molecule has 0 bridgehead atoms. The van der Waals surface area contributed by atoms with E-state index in [4.69, 9.17) is 5.53 Å². The molecule has 0 unspecified atom stereocenters. The van der Waals surface area contributed by atoms with E-state index in [1.54, 1.807) is 41.5 Å². The number of sulfone groups is 2. The lowest BCUT2D eigenvalue weighted by Gasteiger charge is -2.23. The van der Waals surface area contributed by atoms with E-state index < -0.39 is 36.3 Å². The van der Waals surface area contributed by atoms with Crippen molar-refractivity contribution in [2.24, 2.45) is 10.8 Å². The van der Waals surface area contributed by atoms with Crippen LogP contribution in [0.25, 0.3) is 5.53 Å². The highest BCUT2D eigenvalue weighted by atomic mass is 32.2. The summed E-state index contributed by atoms with van der Waals surface area (Å²) < 4.78 is 49.8. The van der Waals surface area contributed by atoms with E-state index in [-0.39, 0.29) is 15.7 Å². The summed E-state index contributed by atoms with van der Waals surface area (Å²) in [7, 11) is -7.59. The van der Waals surface area contributed by atoms with Crippen LogP contribution in [0, 0.1) is 10.8 Å². The third-order valence-electron chi connectivity index (χ3n) is 3.75. The highest BCUT2D eigenvalue weighted by Gasteiger charge is 2.41. The number of hydrogen-bond acceptors (Lipinski definition) is 4. The van der Waals surface area contributed by atoms with Crippen molar-refractivity contribution in [3.63, 3.8) is 0 Å². The van der Waals surface area contributed by atoms with E-state index in [0.717, 1.165) is 0 Å². The van der Waals surface area contributed by atoms with E-state index in [0.29, 0.717) is 6.42 Å². The van der Waals surface area contributed by atoms with Crippen LogP contribution < -0.4 is 0 Å². The Balaban J connectivity index is 6.07. The van der Waals surface area contributed by atoms with Crippen molar-refractivity contribution in [3.8, 4) is 0 Å². The van der Waals surface area contributed by atoms with Gasteiger partial charge in [0, 0.05) is 4.91 Å². The van der Waals surface area contributed by atoms with Crippen molar-refractivity contribution in [2.45, 2.75) is 48.0 Å². The van der Waals surface area contributed by atoms with Gasteiger partial charge in [0.1, 0.15) is 0 Å². The molecule has 0 aliphatic carbocycles. The van der Waals surface area contributed by atoms with Crippen LogP contribution in [0.4, 0.5) is 0 Å². The predicted octanol–water partition coefficient (Wildman–Crippen LogP) is 3.00. The van der Waals surface area contributed by atoms with E-state index in [1.165, 1.54) is 12.2 Å². The highest BCUT2D eigenvalue weighted by molar-refractivity contribution is 8.06. The van der Waals surface area contributed by atoms with Crippen LogP contribution >= 0.6 is 0 Å². The zero-order valence-electron chi connectivity index (χ0n) is 15.3. The summed E-state index contributed by atoms with van der Waals surface area (Å²) >= 11 is 0. The minimum atomic E-state index is -3.94. The molecule has 0 aromatic carbocycles. The average Bonchev–Trinajstić information content (AvgIpc) is 2.36. The molecule has 6 nitrogen and oxygen atoms in total. The molecule has 0 aromatic rings. The van der Waals surface area contributed by atoms with Gasteiger partial charge in [-0.2, -0.15) is 4.79 Å². The Hall–Kier alpha value is -1.24. The smallest absolute Gasteiger partial charge is 0.360 e. The first-order valence-corrected chi connectivity index (χ1v) is 11.0. The molecule has 0 saturated heterocycles. The van der Waals surface area contributed by atoms with E-state index in [1.807, 2.05) is 0 Å². The van der Waals surface area contributed by atoms with Gasteiger partial charge >= 0.3 is 5.04 Å². The Morgan fingerprint density at radius 2 is 1.54 bits per heavy atom. The van der Waals surface area contributed by atoms with Crippen LogP contribution in [0.5, 0.6) is 0 Å². The van der Waals surface area contributed by atoms with Crippen molar-refractivity contribution < 1.29 is 21.6 Å². The fourth-order valence-electron chi connectivity index (χ4n) is 2.18. The standard InChI is InChI=1S/C16H28N2O4S2/c1-8-11-23(19,20)13(15(3,4)5)10-12-24(21,22)14(18-17)16(6,7)9-2/h8,10H,1,9,11-12H2,2-7H3. The molecule has 0 spiro atoms. The monoisotopic (exact) mass is 376 g/mol. The normalized spacial score (nSPS) is 14.2. The Kier molecular flexibility index (Phi) is 7.36. The van der Waals surface area contributed by atoms with Crippen LogP contribution in [0.3, 0.4) is 0 Å². The number of hydrogen-bond donors (Lipinski definition) is 0. The second-order valence-electron chi connectivity index (χ2n) is 7.31. The van der Waals surface area contributed by atoms with Crippen molar-refractivity contribution in [3.05, 3.63) is 29.2 Å². The zero-order chi connectivity index (χ0) is 19.4. The summed E-state index contributed by atoms with van der Waals surface area (Å²) in [5, 5.41) is -0.344. The summed E-state index contributed by atoms with van der Waals surface area (Å²) in [5.41, 5.74) is 7.55. The molecule has 8 heteroatoms. The second kappa shape index (κ2) is 7.76. The summed E-state index contributed by atoms with van der Waals surface area (Å²) in [5.74, 6) is -0.809. The Morgan fingerprint density at radius 1 is 1.04 bits per heavy atom. The van der Waals surface area contributed by atoms with Crippen LogP contribution in [-0.2, 0) is 19.7 Å². The van der Waals surface area contributed by atoms with Crippen molar-refractivity contribution in [2.75, 3.05) is 11.5 Å². The SMILES string of the molecule is C=CCS(=O)(=O)C(=CCS(=O)(=O)C(=[N+]=[N-])C(C)(C)CC)C(C)(C)C. The first-order valence-electron chi connectivity index (χ1n) is 7.65. The minimum absolute atomic E-state index is 0.0325. The van der Waals surface area contributed by atoms with Gasteiger partial charge < -0.3 is 5.53 Å². The van der Waals surface area contributed by atoms with Gasteiger partial charge in [0.05, 0.1) is 16.9 Å². The lowest BCUT2D eigenvalue weighted by Crippen LogP contribution is -2.33. The quantitative estimate of drug-likeness (QED) is 0.224. The maximum Gasteiger partial charge on any atom is 0.387 e. The molecule has 24 heavy (non-hydrogen) atoms. The third-order valence-corrected chi connectivity index (χ3v) is 7.70. The van der Waals surface area contributed by atoms with E-state index in [2.05, 4.69) is 11.4 Å². The van der Waals surface area contributed by atoms with Crippen molar-refractivity contribution in [1.82, 2.24) is 0 Å². The molecule has 0 fully saturated rings. The number of nitrogens with zero attached hydrogens (tertiary/aromatic N) is 2. The maximum atomic E-state index is 12.5. The van der Waals surface area contributed by atoms with Gasteiger partial charge in [-0.05, 0) is 25.7 Å². The molecule has 0 atom stereocenters. The molecule has 0 amide bonds. The molecule has 0 heterocycles. The molecule has 0 rings (SSSR count). The first kappa shape index (κ1) is 22.8. The summed E-state index contributed by atoms with van der Waals surface area (Å²) in [6.07, 6.45) is 2.92. The lowest BCUT2D eigenvalue weighted by molar-refractivity contribution is -0.0129. The largest absolute Gasteiger partial charge is 0.387 e. The van der Waals surface area contributed by atoms with Gasteiger partial charge in [0.25, 0.3) is 9.84 Å². The molecule has 0 N–H and O–H groups in total. The van der Waals surface area contributed by atoms with Gasteiger partial charge in [-0.15, -0.1) is 6.58 Å². The second-order valence-corrected chi connectivity index (χ2v) is 11.3. The number of rotatable bonds is 7. The van der Waals surface area contributed by atoms with Gasteiger partial charge in [-0.3, -0.25) is 0 Å². The molecule has 0 saturated carbocycles. The Bertz CT molecular complexity index is 761. The Morgan fingerprint density at radius 3 is 1.88 bits per heavy atom. The topological polar surface area (TPSA) is 105 Å². The molecule has 0 aliphatic rings. The lowest BCUT2D eigenvalue weighted by atomic mass is 9.92. The van der Waals surface area contributed by atoms with Gasteiger partial charge in [0.15, 0.2) is 9.84 Å². The van der Waals surface area contributed by atoms with Crippen molar-refractivity contribution in [1.29, 1.82) is 0 Å². The summed E-state index contributed by atoms with van der Waals surface area (Å²) in [6.45, 7) is 13.6. The predicted molar refractivity (Wildman–Crippen MR) is 98.0 cm³/mol. The van der Waals surface area contributed by atoms with Gasteiger partial charge in [-0.25, -0.2) is 16.8 Å². The van der Waals surface area contributed by atoms with Crippen LogP contribution in [0.1, 0.15) is 48.0 Å². The molecular formula is C16H28N2O4S2. The highest BCUT2D eigenvalue weighted by Crippen LogP contribution is 2.31. The minimum Gasteiger partial charge on any atom is -0.360 e. The molecular weight excluding hydrogens is 348 g/mol. The fraction of sp³-hybridized carbons (Fsp3) is 0.688. The van der Waals surface area contributed by atoms with E-state index >= 15 is 0 Å². The molecule has 0 radical (unpaired) electrons. The average molecular weight is 377 g/mol. The number of allylic oxidation sites excluding steroid dienone is 1. The maximum absolute atomic E-state index is 12.5. The van der Waals surface area contributed by atoms with Gasteiger partial charge in [-0.1, -0.05) is 39.8 Å². The van der Waals surface area contributed by atoms with Gasteiger partial charge in [0.2, 0.25) is 0 Å². The van der Waals surface area contributed by atoms with Crippen LogP contribution in [0.2, 0.25) is 0 Å². The first-order chi connectivity index (χ1) is 10.7. The summed E-state index contributed by atoms with van der Waals surface area (Å²) in [4.78, 5) is 3.01. The molecule has 0 aliphatic heterocycles. The summed E-state index contributed by atoms with van der Waals surface area (Å²) in [6, 6.07) is 0. The Labute approximate surface area is 146 Å². The van der Waals surface area contributed by atoms with Crippen LogP contribution in [-0.4, -0.2) is 38.2 Å². The molecule has 138 valence electrons. The zero-order valence-corrected chi connectivity index (χ0v) is 17.0. The van der Waals surface area contributed by atoms with Crippen molar-refractivity contribution >= 4 is 24.7 Å².